The molecule has 0 unspecified atom stereocenters. The van der Waals surface area contributed by atoms with Gasteiger partial charge < -0.3 is 10.1 Å². The molecule has 0 fully saturated rings. The van der Waals surface area contributed by atoms with Crippen molar-refractivity contribution in [2.45, 2.75) is 19.9 Å². The highest BCUT2D eigenvalue weighted by Crippen LogP contribution is 2.16. The smallest absolute Gasteiger partial charge is 0.311 e. The Morgan fingerprint density at radius 2 is 2.04 bits per heavy atom. The van der Waals surface area contributed by atoms with Crippen LogP contribution in [0.1, 0.15) is 18.2 Å². The van der Waals surface area contributed by atoms with E-state index in [0.29, 0.717) is 24.0 Å². The summed E-state index contributed by atoms with van der Waals surface area (Å²) in [6.07, 6.45) is 0.119. The zero-order valence-corrected chi connectivity index (χ0v) is 14.6. The first kappa shape index (κ1) is 18.1. The van der Waals surface area contributed by atoms with Gasteiger partial charge in [0, 0.05) is 11.9 Å². The Kier molecular flexibility index (Phi) is 6.89. The van der Waals surface area contributed by atoms with Gasteiger partial charge >= 0.3 is 5.97 Å². The number of rotatable bonds is 8. The number of benzene rings is 1. The molecule has 1 amide bonds. The van der Waals surface area contributed by atoms with Crippen molar-refractivity contribution in [1.82, 2.24) is 9.88 Å². The molecular formula is C17H21N3O3S. The fourth-order valence-corrected chi connectivity index (χ4v) is 2.89. The van der Waals surface area contributed by atoms with Crippen LogP contribution in [0.25, 0.3) is 0 Å². The average Bonchev–Trinajstić information content (AvgIpc) is 2.94. The summed E-state index contributed by atoms with van der Waals surface area (Å²) in [6.45, 7) is 3.07. The van der Waals surface area contributed by atoms with Crippen LogP contribution >= 0.6 is 11.3 Å². The van der Waals surface area contributed by atoms with Gasteiger partial charge in [0.2, 0.25) is 5.91 Å². The van der Waals surface area contributed by atoms with Gasteiger partial charge in [0.25, 0.3) is 0 Å². The van der Waals surface area contributed by atoms with Crippen LogP contribution in [0.5, 0.6) is 0 Å². The minimum Gasteiger partial charge on any atom is -0.466 e. The Hall–Kier alpha value is -2.25. The number of carbonyl (C=O) groups is 2. The van der Waals surface area contributed by atoms with Crippen molar-refractivity contribution in [3.05, 3.63) is 47.0 Å². The van der Waals surface area contributed by atoms with Crippen LogP contribution in [0, 0.1) is 0 Å². The van der Waals surface area contributed by atoms with Crippen LogP contribution in [0.3, 0.4) is 0 Å². The maximum absolute atomic E-state index is 12.1. The van der Waals surface area contributed by atoms with Crippen molar-refractivity contribution in [2.24, 2.45) is 0 Å². The lowest BCUT2D eigenvalue weighted by Crippen LogP contribution is -2.29. The molecule has 0 spiro atoms. The number of likely N-dealkylation sites (N-methyl/N-ethyl adjacent to an activating group) is 1. The summed E-state index contributed by atoms with van der Waals surface area (Å²) in [7, 11) is 1.89. The molecule has 0 radical (unpaired) electrons. The van der Waals surface area contributed by atoms with Crippen molar-refractivity contribution >= 4 is 28.3 Å². The van der Waals surface area contributed by atoms with E-state index in [4.69, 9.17) is 4.74 Å². The van der Waals surface area contributed by atoms with Crippen LogP contribution in [-0.4, -0.2) is 42.0 Å². The fraction of sp³-hybridized carbons (Fsp3) is 0.353. The number of hydrogen-bond acceptors (Lipinski definition) is 6. The summed E-state index contributed by atoms with van der Waals surface area (Å²) in [5, 5.41) is 5.00. The summed E-state index contributed by atoms with van der Waals surface area (Å²) in [6, 6.07) is 9.97. The maximum atomic E-state index is 12.1. The summed E-state index contributed by atoms with van der Waals surface area (Å²) < 4.78 is 4.88. The van der Waals surface area contributed by atoms with E-state index in [2.05, 4.69) is 10.3 Å². The second kappa shape index (κ2) is 9.14. The Balaban J connectivity index is 1.79. The molecule has 1 aromatic heterocycles. The number of hydrogen-bond donors (Lipinski definition) is 1. The molecule has 0 aliphatic carbocycles. The molecule has 0 aliphatic rings. The minimum atomic E-state index is -0.316. The van der Waals surface area contributed by atoms with E-state index in [0.717, 1.165) is 5.56 Å². The van der Waals surface area contributed by atoms with Gasteiger partial charge in [0.1, 0.15) is 0 Å². The number of thiazole rings is 1. The molecule has 0 bridgehead atoms. The first-order valence-corrected chi connectivity index (χ1v) is 8.57. The molecule has 2 aromatic rings. The predicted octanol–water partition coefficient (Wildman–Crippen LogP) is 2.32. The van der Waals surface area contributed by atoms with Crippen LogP contribution in [0.2, 0.25) is 0 Å². The van der Waals surface area contributed by atoms with E-state index in [-0.39, 0.29) is 24.8 Å². The number of amides is 1. The van der Waals surface area contributed by atoms with E-state index in [1.165, 1.54) is 11.3 Å². The number of anilines is 1. The lowest BCUT2D eigenvalue weighted by Gasteiger charge is -2.15. The van der Waals surface area contributed by atoms with E-state index in [1.54, 1.807) is 12.3 Å². The molecule has 2 rings (SSSR count). The number of esters is 1. The Morgan fingerprint density at radius 1 is 1.29 bits per heavy atom. The number of carbonyl (C=O) groups excluding carboxylic acids is 2. The number of aromatic nitrogens is 1. The highest BCUT2D eigenvalue weighted by Gasteiger charge is 2.12. The largest absolute Gasteiger partial charge is 0.466 e. The SMILES string of the molecule is CCOC(=O)Cc1csc(NC(=O)CN(C)Cc2ccccc2)n1. The monoisotopic (exact) mass is 347 g/mol. The van der Waals surface area contributed by atoms with Gasteiger partial charge in [-0.05, 0) is 19.5 Å². The van der Waals surface area contributed by atoms with E-state index >= 15 is 0 Å². The van der Waals surface area contributed by atoms with Crippen molar-refractivity contribution in [3.8, 4) is 0 Å². The standard InChI is InChI=1S/C17H21N3O3S/c1-3-23-16(22)9-14-12-24-17(18-14)19-15(21)11-20(2)10-13-7-5-4-6-8-13/h4-8,12H,3,9-11H2,1-2H3,(H,18,19,21). The molecule has 0 aliphatic heterocycles. The third kappa shape index (κ3) is 6.10. The normalized spacial score (nSPS) is 10.6. The minimum absolute atomic E-state index is 0.119. The number of nitrogens with zero attached hydrogens (tertiary/aromatic N) is 2. The summed E-state index contributed by atoms with van der Waals surface area (Å²) in [5.74, 6) is -0.450. The highest BCUT2D eigenvalue weighted by atomic mass is 32.1. The van der Waals surface area contributed by atoms with E-state index in [1.807, 2.05) is 42.3 Å². The van der Waals surface area contributed by atoms with E-state index < -0.39 is 0 Å². The van der Waals surface area contributed by atoms with Crippen LogP contribution in [0.4, 0.5) is 5.13 Å². The second-order valence-electron chi connectivity index (χ2n) is 5.33. The van der Waals surface area contributed by atoms with Crippen molar-refractivity contribution < 1.29 is 14.3 Å². The Labute approximate surface area is 145 Å². The Bertz CT molecular complexity index is 673. The second-order valence-corrected chi connectivity index (χ2v) is 6.19. The lowest BCUT2D eigenvalue weighted by atomic mass is 10.2. The average molecular weight is 347 g/mol. The molecule has 0 saturated carbocycles. The number of ether oxygens (including phenoxy) is 1. The highest BCUT2D eigenvalue weighted by molar-refractivity contribution is 7.13. The van der Waals surface area contributed by atoms with Gasteiger partial charge in [0.15, 0.2) is 5.13 Å². The first-order chi connectivity index (χ1) is 11.6. The van der Waals surface area contributed by atoms with Gasteiger partial charge in [-0.1, -0.05) is 30.3 Å². The predicted molar refractivity (Wildman–Crippen MR) is 93.9 cm³/mol. The van der Waals surface area contributed by atoms with Crippen LogP contribution in [0.15, 0.2) is 35.7 Å². The maximum Gasteiger partial charge on any atom is 0.311 e. The molecule has 128 valence electrons. The van der Waals surface area contributed by atoms with Gasteiger partial charge in [-0.25, -0.2) is 4.98 Å². The van der Waals surface area contributed by atoms with Gasteiger partial charge in [-0.2, -0.15) is 0 Å². The van der Waals surface area contributed by atoms with Crippen molar-refractivity contribution in [1.29, 1.82) is 0 Å². The zero-order valence-electron chi connectivity index (χ0n) is 13.8. The lowest BCUT2D eigenvalue weighted by molar-refractivity contribution is -0.142. The molecule has 24 heavy (non-hydrogen) atoms. The van der Waals surface area contributed by atoms with Crippen molar-refractivity contribution in [3.63, 3.8) is 0 Å². The topological polar surface area (TPSA) is 71.5 Å². The van der Waals surface area contributed by atoms with Crippen LogP contribution in [-0.2, 0) is 27.3 Å². The first-order valence-electron chi connectivity index (χ1n) is 7.69. The van der Waals surface area contributed by atoms with Gasteiger partial charge in [0.05, 0.1) is 25.3 Å². The van der Waals surface area contributed by atoms with Crippen LogP contribution < -0.4 is 5.32 Å². The molecule has 0 atom stereocenters. The molecule has 1 aromatic carbocycles. The molecule has 0 saturated heterocycles. The fourth-order valence-electron chi connectivity index (χ4n) is 2.16. The van der Waals surface area contributed by atoms with Gasteiger partial charge in [-0.15, -0.1) is 11.3 Å². The molecular weight excluding hydrogens is 326 g/mol. The molecule has 6 nitrogen and oxygen atoms in total. The molecule has 1 N–H and O–H groups in total. The van der Waals surface area contributed by atoms with Crippen molar-refractivity contribution in [2.75, 3.05) is 25.5 Å². The van der Waals surface area contributed by atoms with E-state index in [9.17, 15) is 9.59 Å². The molecule has 1 heterocycles. The third-order valence-electron chi connectivity index (χ3n) is 3.14. The quantitative estimate of drug-likeness (QED) is 0.742. The third-order valence-corrected chi connectivity index (χ3v) is 3.94. The molecule has 7 heteroatoms. The summed E-state index contributed by atoms with van der Waals surface area (Å²) >= 11 is 1.30. The Morgan fingerprint density at radius 3 is 2.75 bits per heavy atom. The van der Waals surface area contributed by atoms with Gasteiger partial charge in [-0.3, -0.25) is 14.5 Å². The summed E-state index contributed by atoms with van der Waals surface area (Å²) in [5.41, 5.74) is 1.75. The number of nitrogens with one attached hydrogen (secondary N) is 1. The zero-order chi connectivity index (χ0) is 17.4. The summed E-state index contributed by atoms with van der Waals surface area (Å²) in [4.78, 5) is 29.6.